The molecule has 1 aromatic carbocycles. The molecule has 0 aliphatic heterocycles. The lowest BCUT2D eigenvalue weighted by Crippen LogP contribution is -2.37. The minimum atomic E-state index is -2.88. The minimum absolute atomic E-state index is 0. The number of nitrogens with one attached hydrogen (secondary N) is 2. The third-order valence-corrected chi connectivity index (χ3v) is 3.48. The first-order valence-electron chi connectivity index (χ1n) is 7.35. The van der Waals surface area contributed by atoms with E-state index in [0.29, 0.717) is 17.9 Å². The molecule has 0 spiro atoms. The van der Waals surface area contributed by atoms with Crippen molar-refractivity contribution in [2.24, 2.45) is 0 Å². The Hall–Kier alpha value is -2.26. The molecule has 7 nitrogen and oxygen atoms in total. The number of halogens is 3. The lowest BCUT2D eigenvalue weighted by molar-refractivity contribution is -0.0498. The maximum absolute atomic E-state index is 12.2. The Labute approximate surface area is 150 Å². The van der Waals surface area contributed by atoms with Gasteiger partial charge in [-0.05, 0) is 45.2 Å². The number of carbonyl (C=O) groups excluding carboxylic acids is 1. The van der Waals surface area contributed by atoms with Crippen LogP contribution in [0.2, 0.25) is 0 Å². The largest absolute Gasteiger partial charge is 0.435 e. The molecule has 0 saturated heterocycles. The molecule has 0 radical (unpaired) electrons. The molecule has 0 aliphatic carbocycles. The van der Waals surface area contributed by atoms with E-state index >= 15 is 0 Å². The van der Waals surface area contributed by atoms with Gasteiger partial charge < -0.3 is 15.4 Å². The summed E-state index contributed by atoms with van der Waals surface area (Å²) in [6, 6.07) is 6.05. The molecule has 1 amide bonds. The Kier molecular flexibility index (Phi) is 7.72. The number of nitrogens with zero attached hydrogens (tertiary/aromatic N) is 3. The van der Waals surface area contributed by atoms with Gasteiger partial charge in [0.15, 0.2) is 5.69 Å². The SMILES string of the molecule is CNC(C)CNC(=O)c1nnn(-c2ccc(OC(F)F)cc2)c1C.Cl. The van der Waals surface area contributed by atoms with Crippen LogP contribution in [0.3, 0.4) is 0 Å². The molecular formula is C15H20ClF2N5O2. The van der Waals surface area contributed by atoms with Crippen LogP contribution in [0.1, 0.15) is 23.1 Å². The minimum Gasteiger partial charge on any atom is -0.435 e. The van der Waals surface area contributed by atoms with Crippen molar-refractivity contribution >= 4 is 18.3 Å². The average molecular weight is 376 g/mol. The summed E-state index contributed by atoms with van der Waals surface area (Å²) in [7, 11) is 1.81. The topological polar surface area (TPSA) is 81.1 Å². The number of alkyl halides is 2. The molecule has 25 heavy (non-hydrogen) atoms. The number of hydrogen-bond donors (Lipinski definition) is 2. The monoisotopic (exact) mass is 375 g/mol. The van der Waals surface area contributed by atoms with Crippen molar-refractivity contribution in [2.75, 3.05) is 13.6 Å². The van der Waals surface area contributed by atoms with E-state index in [1.54, 1.807) is 26.1 Å². The number of ether oxygens (including phenoxy) is 1. The fourth-order valence-electron chi connectivity index (χ4n) is 1.98. The summed E-state index contributed by atoms with van der Waals surface area (Å²) >= 11 is 0. The first kappa shape index (κ1) is 20.8. The zero-order valence-corrected chi connectivity index (χ0v) is 14.8. The van der Waals surface area contributed by atoms with Gasteiger partial charge in [0.2, 0.25) is 0 Å². The smallest absolute Gasteiger partial charge is 0.387 e. The lowest BCUT2D eigenvalue weighted by Gasteiger charge is -2.10. The van der Waals surface area contributed by atoms with Crippen molar-refractivity contribution in [1.29, 1.82) is 0 Å². The Morgan fingerprint density at radius 3 is 2.52 bits per heavy atom. The number of amides is 1. The van der Waals surface area contributed by atoms with Crippen molar-refractivity contribution in [2.45, 2.75) is 26.5 Å². The van der Waals surface area contributed by atoms with Crippen molar-refractivity contribution in [3.05, 3.63) is 35.7 Å². The molecule has 1 atom stereocenters. The van der Waals surface area contributed by atoms with E-state index in [1.165, 1.54) is 16.8 Å². The highest BCUT2D eigenvalue weighted by molar-refractivity contribution is 5.93. The molecule has 0 bridgehead atoms. The van der Waals surface area contributed by atoms with Crippen molar-refractivity contribution in [3.63, 3.8) is 0 Å². The average Bonchev–Trinajstić information content (AvgIpc) is 2.94. The number of likely N-dealkylation sites (N-methyl/N-ethyl adjacent to an activating group) is 1. The van der Waals surface area contributed by atoms with E-state index in [1.807, 2.05) is 6.92 Å². The van der Waals surface area contributed by atoms with E-state index in [-0.39, 0.29) is 35.8 Å². The van der Waals surface area contributed by atoms with E-state index in [2.05, 4.69) is 25.7 Å². The summed E-state index contributed by atoms with van der Waals surface area (Å²) in [5.41, 5.74) is 1.35. The van der Waals surface area contributed by atoms with Crippen LogP contribution in [0.4, 0.5) is 8.78 Å². The molecule has 0 saturated carbocycles. The molecule has 138 valence electrons. The number of hydrogen-bond acceptors (Lipinski definition) is 5. The maximum Gasteiger partial charge on any atom is 0.387 e. The normalized spacial score (nSPS) is 11.8. The fourth-order valence-corrected chi connectivity index (χ4v) is 1.98. The molecule has 1 heterocycles. The lowest BCUT2D eigenvalue weighted by atomic mass is 10.2. The van der Waals surface area contributed by atoms with Gasteiger partial charge in [0.25, 0.3) is 5.91 Å². The molecule has 2 aromatic rings. The first-order valence-corrected chi connectivity index (χ1v) is 7.35. The van der Waals surface area contributed by atoms with Crippen LogP contribution >= 0.6 is 12.4 Å². The Balaban J connectivity index is 0.00000312. The van der Waals surface area contributed by atoms with Crippen LogP contribution in [0.25, 0.3) is 5.69 Å². The number of aromatic nitrogens is 3. The predicted molar refractivity (Wildman–Crippen MR) is 90.8 cm³/mol. The van der Waals surface area contributed by atoms with E-state index in [9.17, 15) is 13.6 Å². The quantitative estimate of drug-likeness (QED) is 0.773. The summed E-state index contributed by atoms with van der Waals surface area (Å²) in [5.74, 6) is -0.274. The standard InChI is InChI=1S/C15H19F2N5O2.ClH/c1-9(18-3)8-19-14(23)13-10(2)22(21-20-13)11-4-6-12(7-5-11)24-15(16)17;/h4-7,9,15,18H,8H2,1-3H3,(H,19,23);1H. The van der Waals surface area contributed by atoms with Crippen LogP contribution in [0, 0.1) is 6.92 Å². The number of carbonyl (C=O) groups is 1. The second kappa shape index (κ2) is 9.28. The Morgan fingerprint density at radius 1 is 1.32 bits per heavy atom. The van der Waals surface area contributed by atoms with Crippen LogP contribution < -0.4 is 15.4 Å². The zero-order chi connectivity index (χ0) is 17.7. The molecule has 1 aromatic heterocycles. The van der Waals surface area contributed by atoms with E-state index in [0.717, 1.165) is 0 Å². The molecule has 10 heteroatoms. The van der Waals surface area contributed by atoms with Gasteiger partial charge in [-0.25, -0.2) is 4.68 Å². The third-order valence-electron chi connectivity index (χ3n) is 3.48. The van der Waals surface area contributed by atoms with Crippen molar-refractivity contribution in [3.8, 4) is 11.4 Å². The third kappa shape index (κ3) is 5.36. The molecule has 2 rings (SSSR count). The Morgan fingerprint density at radius 2 is 1.96 bits per heavy atom. The number of rotatable bonds is 7. The van der Waals surface area contributed by atoms with Gasteiger partial charge >= 0.3 is 6.61 Å². The molecule has 0 aliphatic rings. The summed E-state index contributed by atoms with van der Waals surface area (Å²) in [5, 5.41) is 13.6. The van der Waals surface area contributed by atoms with Gasteiger partial charge in [-0.1, -0.05) is 5.21 Å². The van der Waals surface area contributed by atoms with Gasteiger partial charge in [-0.15, -0.1) is 17.5 Å². The molecule has 1 unspecified atom stereocenters. The Bertz CT molecular complexity index is 694. The van der Waals surface area contributed by atoms with E-state index < -0.39 is 6.61 Å². The van der Waals surface area contributed by atoms with Crippen molar-refractivity contribution < 1.29 is 18.3 Å². The highest BCUT2D eigenvalue weighted by atomic mass is 35.5. The molecular weight excluding hydrogens is 356 g/mol. The summed E-state index contributed by atoms with van der Waals surface area (Å²) in [4.78, 5) is 12.1. The molecule has 2 N–H and O–H groups in total. The first-order chi connectivity index (χ1) is 11.4. The van der Waals surface area contributed by atoms with Gasteiger partial charge in [0.1, 0.15) is 5.75 Å². The molecule has 0 fully saturated rings. The van der Waals surface area contributed by atoms with Crippen LogP contribution in [0.5, 0.6) is 5.75 Å². The highest BCUT2D eigenvalue weighted by Crippen LogP contribution is 2.18. The fraction of sp³-hybridized carbons (Fsp3) is 0.400. The van der Waals surface area contributed by atoms with Gasteiger partial charge in [0, 0.05) is 12.6 Å². The number of benzene rings is 1. The van der Waals surface area contributed by atoms with Gasteiger partial charge in [-0.3, -0.25) is 4.79 Å². The second-order valence-corrected chi connectivity index (χ2v) is 5.21. The van der Waals surface area contributed by atoms with Crippen molar-refractivity contribution in [1.82, 2.24) is 25.6 Å². The second-order valence-electron chi connectivity index (χ2n) is 5.21. The van der Waals surface area contributed by atoms with Crippen LogP contribution in [-0.4, -0.2) is 47.1 Å². The summed E-state index contributed by atoms with van der Waals surface area (Å²) < 4.78 is 30.1. The van der Waals surface area contributed by atoms with Crippen LogP contribution in [-0.2, 0) is 0 Å². The summed E-state index contributed by atoms with van der Waals surface area (Å²) in [6.45, 7) is 1.23. The highest BCUT2D eigenvalue weighted by Gasteiger charge is 2.17. The zero-order valence-electron chi connectivity index (χ0n) is 14.0. The maximum atomic E-state index is 12.2. The van der Waals surface area contributed by atoms with Gasteiger partial charge in [-0.2, -0.15) is 8.78 Å². The van der Waals surface area contributed by atoms with Crippen LogP contribution in [0.15, 0.2) is 24.3 Å². The van der Waals surface area contributed by atoms with Gasteiger partial charge in [0.05, 0.1) is 11.4 Å². The summed E-state index contributed by atoms with van der Waals surface area (Å²) in [6.07, 6.45) is 0. The predicted octanol–water partition coefficient (Wildman–Crippen LogP) is 1.94. The van der Waals surface area contributed by atoms with E-state index in [4.69, 9.17) is 0 Å².